The zero-order valence-corrected chi connectivity index (χ0v) is 9.50. The Morgan fingerprint density at radius 2 is 2.39 bits per heavy atom. The maximum Gasteiger partial charge on any atom is 0.415 e. The number of anilines is 1. The lowest BCUT2D eigenvalue weighted by atomic mass is 10.1. The van der Waals surface area contributed by atoms with Crippen molar-refractivity contribution in [2.45, 2.75) is 12.1 Å². The molecule has 2 atom stereocenters. The summed E-state index contributed by atoms with van der Waals surface area (Å²) in [5.41, 5.74) is 6.69. The van der Waals surface area contributed by atoms with E-state index in [1.165, 1.54) is 0 Å². The molecule has 0 aromatic heterocycles. The van der Waals surface area contributed by atoms with Crippen LogP contribution in [0.1, 0.15) is 5.56 Å². The molecule has 18 heavy (non-hydrogen) atoms. The number of rotatable bonds is 1. The lowest BCUT2D eigenvalue weighted by Gasteiger charge is -2.30. The minimum Gasteiger partial charge on any atom is -0.489 e. The van der Waals surface area contributed by atoms with Crippen molar-refractivity contribution in [3.8, 4) is 11.8 Å². The van der Waals surface area contributed by atoms with Crippen molar-refractivity contribution in [2.75, 3.05) is 18.1 Å². The summed E-state index contributed by atoms with van der Waals surface area (Å²) in [7, 11) is 0. The van der Waals surface area contributed by atoms with Gasteiger partial charge in [-0.3, -0.25) is 4.90 Å². The molecule has 2 N–H and O–H groups in total. The van der Waals surface area contributed by atoms with Gasteiger partial charge in [0.1, 0.15) is 24.5 Å². The van der Waals surface area contributed by atoms with Gasteiger partial charge < -0.3 is 15.2 Å². The predicted molar refractivity (Wildman–Crippen MR) is 62.2 cm³/mol. The number of carbonyl (C=O) groups excluding carboxylic acids is 1. The molecule has 2 aliphatic heterocycles. The van der Waals surface area contributed by atoms with E-state index in [-0.39, 0.29) is 18.7 Å². The van der Waals surface area contributed by atoms with Crippen LogP contribution < -0.4 is 15.4 Å². The first kappa shape index (κ1) is 10.9. The van der Waals surface area contributed by atoms with Gasteiger partial charge >= 0.3 is 6.09 Å². The molecule has 0 radical (unpaired) electrons. The van der Waals surface area contributed by atoms with Crippen LogP contribution in [0.25, 0.3) is 0 Å². The summed E-state index contributed by atoms with van der Waals surface area (Å²) in [5, 5.41) is 8.83. The Hall–Kier alpha value is -2.26. The highest BCUT2D eigenvalue weighted by Gasteiger charge is 2.45. The molecule has 0 unspecified atom stereocenters. The molecule has 1 aromatic rings. The summed E-state index contributed by atoms with van der Waals surface area (Å²) in [5.74, 6) is 0.528. The first-order valence-electron chi connectivity index (χ1n) is 5.61. The number of benzene rings is 1. The monoisotopic (exact) mass is 245 g/mol. The lowest BCUT2D eigenvalue weighted by molar-refractivity contribution is 0.126. The van der Waals surface area contributed by atoms with Gasteiger partial charge in [-0.2, -0.15) is 5.26 Å². The van der Waals surface area contributed by atoms with Crippen molar-refractivity contribution in [1.82, 2.24) is 0 Å². The molecule has 92 valence electrons. The second-order valence-corrected chi connectivity index (χ2v) is 4.20. The van der Waals surface area contributed by atoms with Crippen LogP contribution in [0.4, 0.5) is 10.5 Å². The summed E-state index contributed by atoms with van der Waals surface area (Å²) in [6.07, 6.45) is -0.758. The molecule has 2 aliphatic rings. The van der Waals surface area contributed by atoms with Gasteiger partial charge in [0.15, 0.2) is 0 Å². The Balaban J connectivity index is 2.03. The zero-order valence-electron chi connectivity index (χ0n) is 9.50. The summed E-state index contributed by atoms with van der Waals surface area (Å²) < 4.78 is 10.8. The number of cyclic esters (lactones) is 1. The van der Waals surface area contributed by atoms with Gasteiger partial charge in [0.25, 0.3) is 0 Å². The lowest BCUT2D eigenvalue weighted by Crippen LogP contribution is -2.46. The minimum atomic E-state index is -0.412. The van der Waals surface area contributed by atoms with E-state index in [4.69, 9.17) is 20.5 Å². The van der Waals surface area contributed by atoms with Crippen LogP contribution in [0, 0.1) is 11.3 Å². The molecule has 0 spiro atoms. The third kappa shape index (κ3) is 1.41. The molecule has 6 nitrogen and oxygen atoms in total. The van der Waals surface area contributed by atoms with Crippen LogP contribution in [0.5, 0.6) is 5.75 Å². The average molecular weight is 245 g/mol. The zero-order chi connectivity index (χ0) is 12.7. The summed E-state index contributed by atoms with van der Waals surface area (Å²) >= 11 is 0. The van der Waals surface area contributed by atoms with E-state index < -0.39 is 6.09 Å². The van der Waals surface area contributed by atoms with Crippen molar-refractivity contribution < 1.29 is 14.3 Å². The SMILES string of the molecule is N#Cc1ccc2c(c1)OC[C@H]1[C@H](CN)OC(=O)N21. The highest BCUT2D eigenvalue weighted by Crippen LogP contribution is 2.38. The van der Waals surface area contributed by atoms with Gasteiger partial charge in [-0.25, -0.2) is 4.79 Å². The van der Waals surface area contributed by atoms with Crippen LogP contribution in [-0.2, 0) is 4.74 Å². The minimum absolute atomic E-state index is 0.192. The highest BCUT2D eigenvalue weighted by atomic mass is 16.6. The van der Waals surface area contributed by atoms with E-state index in [0.29, 0.717) is 23.6 Å². The molecular weight excluding hydrogens is 234 g/mol. The smallest absolute Gasteiger partial charge is 0.415 e. The number of nitrogens with zero attached hydrogens (tertiary/aromatic N) is 2. The number of fused-ring (bicyclic) bond motifs is 3. The largest absolute Gasteiger partial charge is 0.489 e. The Morgan fingerprint density at radius 3 is 3.11 bits per heavy atom. The number of hydrogen-bond donors (Lipinski definition) is 1. The van der Waals surface area contributed by atoms with Crippen LogP contribution in [0.2, 0.25) is 0 Å². The first-order valence-corrected chi connectivity index (χ1v) is 5.61. The average Bonchev–Trinajstić information content (AvgIpc) is 2.75. The van der Waals surface area contributed by atoms with Crippen molar-refractivity contribution in [3.05, 3.63) is 23.8 Å². The summed E-state index contributed by atoms with van der Waals surface area (Å²) in [6, 6.07) is 6.80. The molecule has 2 heterocycles. The summed E-state index contributed by atoms with van der Waals surface area (Å²) in [4.78, 5) is 13.4. The molecule has 1 aromatic carbocycles. The maximum atomic E-state index is 11.8. The molecule has 3 rings (SSSR count). The number of amides is 1. The molecule has 0 saturated carbocycles. The van der Waals surface area contributed by atoms with Gasteiger partial charge in [-0.05, 0) is 12.1 Å². The molecule has 1 fully saturated rings. The van der Waals surface area contributed by atoms with E-state index in [0.717, 1.165) is 0 Å². The van der Waals surface area contributed by atoms with E-state index in [2.05, 4.69) is 0 Å². The Bertz CT molecular complexity index is 552. The molecule has 1 saturated heterocycles. The van der Waals surface area contributed by atoms with Crippen molar-refractivity contribution in [1.29, 1.82) is 5.26 Å². The maximum absolute atomic E-state index is 11.8. The first-order chi connectivity index (χ1) is 8.74. The fourth-order valence-corrected chi connectivity index (χ4v) is 2.30. The van der Waals surface area contributed by atoms with E-state index >= 15 is 0 Å². The van der Waals surface area contributed by atoms with Gasteiger partial charge in [-0.1, -0.05) is 0 Å². The van der Waals surface area contributed by atoms with E-state index in [1.807, 2.05) is 6.07 Å². The van der Waals surface area contributed by atoms with Crippen molar-refractivity contribution >= 4 is 11.8 Å². The Kier molecular flexibility index (Phi) is 2.35. The molecule has 0 aliphatic carbocycles. The van der Waals surface area contributed by atoms with Gasteiger partial charge in [0.05, 0.1) is 17.3 Å². The second-order valence-electron chi connectivity index (χ2n) is 4.20. The van der Waals surface area contributed by atoms with E-state index in [9.17, 15) is 4.79 Å². The number of hydrogen-bond acceptors (Lipinski definition) is 5. The van der Waals surface area contributed by atoms with Crippen molar-refractivity contribution in [2.24, 2.45) is 5.73 Å². The second kappa shape index (κ2) is 3.89. The third-order valence-electron chi connectivity index (χ3n) is 3.20. The topological polar surface area (TPSA) is 88.6 Å². The van der Waals surface area contributed by atoms with Gasteiger partial charge in [0, 0.05) is 12.6 Å². The van der Waals surface area contributed by atoms with Crippen LogP contribution in [0.3, 0.4) is 0 Å². The number of carbonyl (C=O) groups is 1. The quantitative estimate of drug-likeness (QED) is 0.782. The standard InChI is InChI=1S/C12H11N3O3/c13-4-7-1-2-8-10(3-7)17-6-9-11(5-14)18-12(16)15(8)9/h1-3,9,11H,5-6,14H2/t9-,11-/m0/s1. The highest BCUT2D eigenvalue weighted by molar-refractivity contribution is 5.93. The molecule has 0 bridgehead atoms. The summed E-state index contributed by atoms with van der Waals surface area (Å²) in [6.45, 7) is 0.595. The predicted octanol–water partition coefficient (Wildman–Crippen LogP) is 0.603. The molecule has 1 amide bonds. The number of nitrogens with two attached hydrogens (primary N) is 1. The number of ether oxygens (including phenoxy) is 2. The fraction of sp³-hybridized carbons (Fsp3) is 0.333. The van der Waals surface area contributed by atoms with Crippen LogP contribution >= 0.6 is 0 Å². The van der Waals surface area contributed by atoms with Crippen LogP contribution in [0.15, 0.2) is 18.2 Å². The Morgan fingerprint density at radius 1 is 1.56 bits per heavy atom. The van der Waals surface area contributed by atoms with Gasteiger partial charge in [0.2, 0.25) is 0 Å². The molecular formula is C12H11N3O3. The fourth-order valence-electron chi connectivity index (χ4n) is 2.30. The van der Waals surface area contributed by atoms with E-state index in [1.54, 1.807) is 23.1 Å². The third-order valence-corrected chi connectivity index (χ3v) is 3.20. The molecule has 6 heteroatoms. The van der Waals surface area contributed by atoms with Gasteiger partial charge in [-0.15, -0.1) is 0 Å². The normalized spacial score (nSPS) is 24.7. The van der Waals surface area contributed by atoms with Crippen LogP contribution in [-0.4, -0.2) is 31.4 Å². The van der Waals surface area contributed by atoms with Crippen molar-refractivity contribution in [3.63, 3.8) is 0 Å². The Labute approximate surface area is 103 Å². The number of nitriles is 1.